The van der Waals surface area contributed by atoms with Crippen molar-refractivity contribution < 1.29 is 26.2 Å². The van der Waals surface area contributed by atoms with Gasteiger partial charge in [0.15, 0.2) is 26.4 Å². The smallest absolute Gasteiger partial charge is 0.333 e. The molecule has 3 aromatic rings. The van der Waals surface area contributed by atoms with Gasteiger partial charge in [0, 0.05) is 4.90 Å². The number of aromatic nitrogens is 4. The van der Waals surface area contributed by atoms with E-state index < -0.39 is 49.8 Å². The summed E-state index contributed by atoms with van der Waals surface area (Å²) < 4.78 is 57.8. The fourth-order valence-corrected chi connectivity index (χ4v) is 6.53. The molecule has 1 fully saturated rings. The van der Waals surface area contributed by atoms with Gasteiger partial charge in [-0.25, -0.2) is 24.2 Å². The van der Waals surface area contributed by atoms with Crippen LogP contribution in [0.5, 0.6) is 0 Å². The predicted molar refractivity (Wildman–Crippen MR) is 145 cm³/mol. The maximum atomic E-state index is 16.2. The number of hydrogen-bond acceptors (Lipinski definition) is 10. The summed E-state index contributed by atoms with van der Waals surface area (Å²) in [6, 6.07) is 7.82. The van der Waals surface area contributed by atoms with Crippen molar-refractivity contribution in [2.75, 3.05) is 12.3 Å². The number of anilines is 1. The molecule has 11 nitrogen and oxygen atoms in total. The Balaban J connectivity index is 1.75. The standard InChI is InChI=1S/C23H33FN6O5S2Si/c1-13-8-7-9-14(10-13)36-21-16-19(25)27-12-28-20(16)30(29-21)22-17(24)18(35-38(5,6)23(2,3)4)15(34-22)11-33-37(26,31)32/h7-10,12,15,17-18,22H,11H2,1-6H3,(H2,25,27,28)(H2,26,31,32)/t15-,17+,18-,22-/m1/s1. The molecule has 208 valence electrons. The average molecular weight is 585 g/mol. The number of aryl methyl sites for hydroxylation is 1. The van der Waals surface area contributed by atoms with E-state index >= 15 is 4.39 Å². The highest BCUT2D eigenvalue weighted by molar-refractivity contribution is 7.99. The van der Waals surface area contributed by atoms with Crippen molar-refractivity contribution in [1.82, 2.24) is 19.7 Å². The van der Waals surface area contributed by atoms with Gasteiger partial charge >= 0.3 is 10.3 Å². The van der Waals surface area contributed by atoms with Gasteiger partial charge in [0.05, 0.1) is 12.0 Å². The number of rotatable bonds is 8. The van der Waals surface area contributed by atoms with Gasteiger partial charge in [0.2, 0.25) is 0 Å². The van der Waals surface area contributed by atoms with Crippen LogP contribution in [0.1, 0.15) is 32.6 Å². The van der Waals surface area contributed by atoms with Crippen molar-refractivity contribution in [1.29, 1.82) is 0 Å². The zero-order chi connectivity index (χ0) is 28.0. The lowest BCUT2D eigenvalue weighted by Crippen LogP contribution is -2.49. The van der Waals surface area contributed by atoms with E-state index in [1.807, 2.05) is 65.1 Å². The number of benzene rings is 1. The highest BCUT2D eigenvalue weighted by Crippen LogP contribution is 2.44. The van der Waals surface area contributed by atoms with Gasteiger partial charge in [-0.2, -0.15) is 13.5 Å². The number of hydrogen-bond donors (Lipinski definition) is 2. The highest BCUT2D eigenvalue weighted by atomic mass is 32.2. The van der Waals surface area contributed by atoms with Gasteiger partial charge in [-0.05, 0) is 37.2 Å². The highest BCUT2D eigenvalue weighted by Gasteiger charge is 2.52. The Kier molecular flexibility index (Phi) is 7.93. The quantitative estimate of drug-likeness (QED) is 0.374. The average Bonchev–Trinajstić information content (AvgIpc) is 3.29. The Morgan fingerprint density at radius 3 is 2.61 bits per heavy atom. The van der Waals surface area contributed by atoms with Crippen LogP contribution in [0.3, 0.4) is 0 Å². The number of halogens is 1. The minimum Gasteiger partial charge on any atom is -0.408 e. The van der Waals surface area contributed by atoms with E-state index in [1.165, 1.54) is 22.8 Å². The second kappa shape index (κ2) is 10.4. The van der Waals surface area contributed by atoms with Crippen molar-refractivity contribution in [3.8, 4) is 0 Å². The molecule has 0 radical (unpaired) electrons. The third-order valence-electron chi connectivity index (χ3n) is 6.83. The molecule has 1 aliphatic rings. The van der Waals surface area contributed by atoms with Crippen LogP contribution < -0.4 is 10.9 Å². The van der Waals surface area contributed by atoms with Gasteiger partial charge in [0.1, 0.15) is 29.4 Å². The topological polar surface area (TPSA) is 157 Å². The van der Waals surface area contributed by atoms with E-state index in [0.29, 0.717) is 10.4 Å². The van der Waals surface area contributed by atoms with E-state index in [4.69, 9.17) is 24.2 Å². The molecule has 1 saturated heterocycles. The van der Waals surface area contributed by atoms with E-state index in [0.717, 1.165) is 10.5 Å². The minimum atomic E-state index is -4.29. The number of fused-ring (bicyclic) bond motifs is 1. The van der Waals surface area contributed by atoms with E-state index in [9.17, 15) is 8.42 Å². The molecule has 3 heterocycles. The normalized spacial score (nSPS) is 22.8. The van der Waals surface area contributed by atoms with Crippen LogP contribution >= 0.6 is 11.8 Å². The van der Waals surface area contributed by atoms with Crippen LogP contribution in [0.25, 0.3) is 11.0 Å². The molecular weight excluding hydrogens is 552 g/mol. The Labute approximate surface area is 226 Å². The summed E-state index contributed by atoms with van der Waals surface area (Å²) in [5.41, 5.74) is 7.54. The SMILES string of the molecule is Cc1cccc(Sc2nn([C@@H]3O[C@H](COS(N)(=O)=O)[C@@H](O[Si](C)(C)C(C)(C)C)[C@@H]3F)c3ncnc(N)c23)c1. The van der Waals surface area contributed by atoms with Gasteiger partial charge in [-0.3, -0.25) is 4.18 Å². The van der Waals surface area contributed by atoms with Crippen molar-refractivity contribution in [2.45, 2.75) is 80.4 Å². The zero-order valence-electron chi connectivity index (χ0n) is 22.1. The van der Waals surface area contributed by atoms with Crippen molar-refractivity contribution in [2.24, 2.45) is 5.14 Å². The first-order valence-corrected chi connectivity index (χ1v) is 17.1. The van der Waals surface area contributed by atoms with Crippen LogP contribution in [0.4, 0.5) is 10.2 Å². The van der Waals surface area contributed by atoms with E-state index in [-0.39, 0.29) is 16.5 Å². The molecule has 2 aromatic heterocycles. The monoisotopic (exact) mass is 584 g/mol. The fraction of sp³-hybridized carbons (Fsp3) is 0.522. The summed E-state index contributed by atoms with van der Waals surface area (Å²) in [6.45, 7) is 11.5. The fourth-order valence-electron chi connectivity index (χ4n) is 3.85. The number of nitrogens with zero attached hydrogens (tertiary/aromatic N) is 4. The Bertz CT molecular complexity index is 1430. The Morgan fingerprint density at radius 1 is 1.26 bits per heavy atom. The maximum Gasteiger partial charge on any atom is 0.333 e. The zero-order valence-corrected chi connectivity index (χ0v) is 24.7. The summed E-state index contributed by atoms with van der Waals surface area (Å²) in [5, 5.41) is 10.4. The molecule has 0 bridgehead atoms. The first-order chi connectivity index (χ1) is 17.6. The third kappa shape index (κ3) is 6.03. The summed E-state index contributed by atoms with van der Waals surface area (Å²) in [7, 11) is -6.80. The number of nitrogen functional groups attached to an aromatic ring is 1. The Morgan fingerprint density at radius 2 is 1.97 bits per heavy atom. The second-order valence-corrected chi connectivity index (χ2v) is 17.8. The van der Waals surface area contributed by atoms with Crippen LogP contribution in [0.15, 0.2) is 40.5 Å². The number of alkyl halides is 1. The van der Waals surface area contributed by atoms with E-state index in [2.05, 4.69) is 15.1 Å². The van der Waals surface area contributed by atoms with Gasteiger partial charge < -0.3 is 14.9 Å². The summed E-state index contributed by atoms with van der Waals surface area (Å²) >= 11 is 1.34. The molecule has 4 atom stereocenters. The van der Waals surface area contributed by atoms with Crippen LogP contribution in [-0.2, 0) is 23.7 Å². The van der Waals surface area contributed by atoms with Gasteiger partial charge in [0.25, 0.3) is 0 Å². The Hall–Kier alpha value is -2.14. The lowest BCUT2D eigenvalue weighted by Gasteiger charge is -2.39. The molecule has 38 heavy (non-hydrogen) atoms. The minimum absolute atomic E-state index is 0.188. The molecule has 15 heteroatoms. The lowest BCUT2D eigenvalue weighted by atomic mass is 10.1. The first-order valence-electron chi connectivity index (χ1n) is 11.9. The molecule has 0 spiro atoms. The van der Waals surface area contributed by atoms with Crippen molar-refractivity contribution in [3.05, 3.63) is 36.2 Å². The molecule has 4 rings (SSSR count). The number of ether oxygens (including phenoxy) is 1. The molecule has 0 amide bonds. The predicted octanol–water partition coefficient (Wildman–Crippen LogP) is 3.71. The van der Waals surface area contributed by atoms with Crippen molar-refractivity contribution in [3.63, 3.8) is 0 Å². The van der Waals surface area contributed by atoms with Crippen LogP contribution in [-0.4, -0.2) is 61.5 Å². The summed E-state index contributed by atoms with van der Waals surface area (Å²) in [5.74, 6) is 0.188. The molecule has 1 aromatic carbocycles. The summed E-state index contributed by atoms with van der Waals surface area (Å²) in [4.78, 5) is 9.32. The lowest BCUT2D eigenvalue weighted by molar-refractivity contribution is -0.0446. The number of nitrogens with two attached hydrogens (primary N) is 2. The van der Waals surface area contributed by atoms with Crippen molar-refractivity contribution >= 4 is 47.2 Å². The van der Waals surface area contributed by atoms with Gasteiger partial charge in [-0.15, -0.1) is 0 Å². The largest absolute Gasteiger partial charge is 0.408 e. The van der Waals surface area contributed by atoms with Gasteiger partial charge in [-0.1, -0.05) is 50.2 Å². The molecule has 1 aliphatic heterocycles. The molecule has 0 saturated carbocycles. The molecule has 0 unspecified atom stereocenters. The van der Waals surface area contributed by atoms with Crippen LogP contribution in [0.2, 0.25) is 18.1 Å². The molecule has 0 aliphatic carbocycles. The summed E-state index contributed by atoms with van der Waals surface area (Å²) in [6.07, 6.45) is -3.95. The van der Waals surface area contributed by atoms with Crippen LogP contribution in [0, 0.1) is 6.92 Å². The molecule has 4 N–H and O–H groups in total. The third-order valence-corrected chi connectivity index (χ3v) is 12.7. The van der Waals surface area contributed by atoms with E-state index in [1.54, 1.807) is 0 Å². The first kappa shape index (κ1) is 28.9. The maximum absolute atomic E-state index is 16.2. The molecular formula is C23H33FN6O5S2Si. The second-order valence-electron chi connectivity index (χ2n) is 10.8.